The number of esters is 1. The molecule has 7 nitrogen and oxygen atoms in total. The third kappa shape index (κ3) is 3.58. The lowest BCUT2D eigenvalue weighted by atomic mass is 10.2. The van der Waals surface area contributed by atoms with Crippen molar-refractivity contribution in [3.63, 3.8) is 0 Å². The van der Waals surface area contributed by atoms with Crippen LogP contribution in [0.2, 0.25) is 0 Å². The Bertz CT molecular complexity index is 1030. The fourth-order valence-electron chi connectivity index (χ4n) is 2.53. The highest BCUT2D eigenvalue weighted by Crippen LogP contribution is 2.20. The van der Waals surface area contributed by atoms with Crippen molar-refractivity contribution in [3.8, 4) is 0 Å². The van der Waals surface area contributed by atoms with Crippen LogP contribution in [0.25, 0.3) is 10.2 Å². The number of benzene rings is 1. The average Bonchev–Trinajstić information content (AvgIpc) is 3.21. The molecule has 1 amide bonds. The molecular weight excluding hydrogens is 372 g/mol. The van der Waals surface area contributed by atoms with E-state index < -0.39 is 0 Å². The number of carbonyl (C=O) groups is 2. The summed E-state index contributed by atoms with van der Waals surface area (Å²) in [5.74, 6) is 0.153. The maximum atomic E-state index is 12.5. The molecular formula is C17H18N4O3S2. The summed E-state index contributed by atoms with van der Waals surface area (Å²) in [4.78, 5) is 29.2. The van der Waals surface area contributed by atoms with Crippen LogP contribution in [0.1, 0.15) is 20.8 Å². The summed E-state index contributed by atoms with van der Waals surface area (Å²) in [5, 5.41) is 4.01. The van der Waals surface area contributed by atoms with E-state index in [1.54, 1.807) is 43.2 Å². The number of carbonyl (C=O) groups excluding carboxylic acids is 2. The average molecular weight is 390 g/mol. The van der Waals surface area contributed by atoms with Crippen molar-refractivity contribution in [3.05, 3.63) is 46.5 Å². The van der Waals surface area contributed by atoms with Gasteiger partial charge in [-0.15, -0.1) is 0 Å². The Hall–Kier alpha value is -2.39. The predicted octanol–water partition coefficient (Wildman–Crippen LogP) is 2.33. The van der Waals surface area contributed by atoms with Crippen molar-refractivity contribution in [2.75, 3.05) is 19.1 Å². The number of aromatic nitrogens is 3. The summed E-state index contributed by atoms with van der Waals surface area (Å²) in [5.41, 5.74) is 1.84. The monoisotopic (exact) mass is 390 g/mol. The van der Waals surface area contributed by atoms with Gasteiger partial charge < -0.3 is 9.30 Å². The van der Waals surface area contributed by atoms with Crippen molar-refractivity contribution < 1.29 is 14.3 Å². The third-order valence-electron chi connectivity index (χ3n) is 3.86. The molecule has 1 aromatic carbocycles. The number of aryl methyl sites for hydroxylation is 2. The van der Waals surface area contributed by atoms with E-state index in [0.29, 0.717) is 16.1 Å². The molecule has 0 saturated carbocycles. The van der Waals surface area contributed by atoms with Crippen LogP contribution < -0.4 is 4.80 Å². The lowest BCUT2D eigenvalue weighted by Gasteiger charge is -2.04. The molecule has 0 aliphatic rings. The molecule has 2 aromatic heterocycles. The standard InChI is InChI=1S/C17H18N4O3S2/c1-20-13(6-7-18-20)15(22)19-17-21(8-9-25-3)12-5-4-11(16(23)24-2)10-14(12)26-17/h4-7,10H,8-9H2,1-3H3. The minimum atomic E-state index is -0.389. The van der Waals surface area contributed by atoms with Gasteiger partial charge in [0.05, 0.1) is 22.9 Å². The second-order valence-electron chi connectivity index (χ2n) is 5.46. The zero-order valence-electron chi connectivity index (χ0n) is 14.6. The number of nitrogens with zero attached hydrogens (tertiary/aromatic N) is 4. The van der Waals surface area contributed by atoms with E-state index in [-0.39, 0.29) is 11.9 Å². The Morgan fingerprint density at radius 1 is 1.35 bits per heavy atom. The fourth-order valence-corrected chi connectivity index (χ4v) is 3.99. The largest absolute Gasteiger partial charge is 0.465 e. The van der Waals surface area contributed by atoms with Crippen LogP contribution in [-0.2, 0) is 18.3 Å². The van der Waals surface area contributed by atoms with Gasteiger partial charge in [-0.25, -0.2) is 4.79 Å². The number of hydrogen-bond donors (Lipinski definition) is 0. The maximum absolute atomic E-state index is 12.5. The molecule has 0 fully saturated rings. The van der Waals surface area contributed by atoms with Crippen LogP contribution in [0.15, 0.2) is 35.5 Å². The molecule has 136 valence electrons. The zero-order chi connectivity index (χ0) is 18.7. The molecule has 0 N–H and O–H groups in total. The number of rotatable bonds is 5. The fraction of sp³-hybridized carbons (Fsp3) is 0.294. The minimum absolute atomic E-state index is 0.345. The van der Waals surface area contributed by atoms with Gasteiger partial charge in [-0.2, -0.15) is 21.9 Å². The van der Waals surface area contributed by atoms with Gasteiger partial charge in [0.1, 0.15) is 5.69 Å². The van der Waals surface area contributed by atoms with E-state index in [4.69, 9.17) is 4.74 Å². The highest BCUT2D eigenvalue weighted by Gasteiger charge is 2.13. The summed E-state index contributed by atoms with van der Waals surface area (Å²) in [7, 11) is 3.06. The van der Waals surface area contributed by atoms with E-state index in [0.717, 1.165) is 22.5 Å². The Kier molecular flexibility index (Phi) is 5.58. The molecule has 9 heteroatoms. The van der Waals surface area contributed by atoms with E-state index in [1.165, 1.54) is 23.1 Å². The number of amides is 1. The molecule has 0 bridgehead atoms. The van der Waals surface area contributed by atoms with E-state index in [1.807, 2.05) is 16.9 Å². The van der Waals surface area contributed by atoms with Crippen LogP contribution in [0.3, 0.4) is 0 Å². The van der Waals surface area contributed by atoms with Gasteiger partial charge in [0.15, 0.2) is 4.80 Å². The molecule has 3 aromatic rings. The van der Waals surface area contributed by atoms with Crippen molar-refractivity contribution in [2.45, 2.75) is 6.54 Å². The number of fused-ring (bicyclic) bond motifs is 1. The summed E-state index contributed by atoms with van der Waals surface area (Å²) in [6, 6.07) is 7.00. The normalized spacial score (nSPS) is 11.9. The van der Waals surface area contributed by atoms with Gasteiger partial charge >= 0.3 is 5.97 Å². The minimum Gasteiger partial charge on any atom is -0.465 e. The van der Waals surface area contributed by atoms with Gasteiger partial charge in [-0.1, -0.05) is 11.3 Å². The predicted molar refractivity (Wildman–Crippen MR) is 103 cm³/mol. The zero-order valence-corrected chi connectivity index (χ0v) is 16.3. The molecule has 3 rings (SSSR count). The molecule has 0 aliphatic carbocycles. The topological polar surface area (TPSA) is 78.5 Å². The first-order chi connectivity index (χ1) is 12.5. The van der Waals surface area contributed by atoms with E-state index >= 15 is 0 Å². The highest BCUT2D eigenvalue weighted by atomic mass is 32.2. The molecule has 0 atom stereocenters. The molecule has 0 unspecified atom stereocenters. The molecule has 26 heavy (non-hydrogen) atoms. The molecule has 0 aliphatic heterocycles. The van der Waals surface area contributed by atoms with E-state index in [9.17, 15) is 9.59 Å². The van der Waals surface area contributed by atoms with Crippen LogP contribution in [0.5, 0.6) is 0 Å². The second kappa shape index (κ2) is 7.88. The smallest absolute Gasteiger partial charge is 0.337 e. The molecule has 0 spiro atoms. The third-order valence-corrected chi connectivity index (χ3v) is 5.49. The van der Waals surface area contributed by atoms with Crippen LogP contribution in [0, 0.1) is 0 Å². The van der Waals surface area contributed by atoms with Crippen molar-refractivity contribution >= 4 is 45.2 Å². The summed E-state index contributed by atoms with van der Waals surface area (Å²) in [6.07, 6.45) is 3.60. The van der Waals surface area contributed by atoms with Crippen LogP contribution in [0.4, 0.5) is 0 Å². The first-order valence-corrected chi connectivity index (χ1v) is 10.0. The number of ether oxygens (including phenoxy) is 1. The second-order valence-corrected chi connectivity index (χ2v) is 7.45. The van der Waals surface area contributed by atoms with Gasteiger partial charge in [-0.3, -0.25) is 9.48 Å². The first kappa shape index (κ1) is 18.4. The van der Waals surface area contributed by atoms with Gasteiger partial charge in [-0.05, 0) is 30.5 Å². The van der Waals surface area contributed by atoms with Gasteiger partial charge in [0, 0.05) is 25.5 Å². The summed E-state index contributed by atoms with van der Waals surface area (Å²) >= 11 is 3.09. The Balaban J connectivity index is 2.13. The number of methoxy groups -OCH3 is 1. The first-order valence-electron chi connectivity index (χ1n) is 7.83. The number of thiazole rings is 1. The quantitative estimate of drug-likeness (QED) is 0.625. The van der Waals surface area contributed by atoms with Gasteiger partial charge in [0.25, 0.3) is 5.91 Å². The van der Waals surface area contributed by atoms with Crippen molar-refractivity contribution in [1.82, 2.24) is 14.3 Å². The number of thioether (sulfide) groups is 1. The Labute approximate surface area is 158 Å². The van der Waals surface area contributed by atoms with Crippen LogP contribution >= 0.6 is 23.1 Å². The summed E-state index contributed by atoms with van der Waals surface area (Å²) < 4.78 is 9.17. The molecule has 0 radical (unpaired) electrons. The Morgan fingerprint density at radius 2 is 2.15 bits per heavy atom. The van der Waals surface area contributed by atoms with Crippen LogP contribution in [-0.4, -0.2) is 45.3 Å². The SMILES string of the molecule is COC(=O)c1ccc2c(c1)sc(=NC(=O)c1ccnn1C)n2CCSC. The highest BCUT2D eigenvalue weighted by molar-refractivity contribution is 7.98. The number of hydrogen-bond acceptors (Lipinski definition) is 6. The summed E-state index contributed by atoms with van der Waals surface area (Å²) in [6.45, 7) is 0.718. The van der Waals surface area contributed by atoms with Gasteiger partial charge in [0.2, 0.25) is 0 Å². The maximum Gasteiger partial charge on any atom is 0.337 e. The molecule has 0 saturated heterocycles. The van der Waals surface area contributed by atoms with E-state index in [2.05, 4.69) is 10.1 Å². The lowest BCUT2D eigenvalue weighted by Crippen LogP contribution is -2.19. The van der Waals surface area contributed by atoms with Crippen molar-refractivity contribution in [2.24, 2.45) is 12.0 Å². The van der Waals surface area contributed by atoms with Crippen molar-refractivity contribution in [1.29, 1.82) is 0 Å². The molecule has 2 heterocycles. The lowest BCUT2D eigenvalue weighted by molar-refractivity contribution is 0.0601. The Morgan fingerprint density at radius 3 is 2.81 bits per heavy atom.